The molecular formula is C51H62N14O9S. The molecule has 4 amide bonds. The second kappa shape index (κ2) is 25.0. The lowest BCUT2D eigenvalue weighted by Crippen LogP contribution is -2.44. The highest BCUT2D eigenvalue weighted by atomic mass is 32.2. The number of nitrogens with zero attached hydrogens (tertiary/aromatic N) is 9. The summed E-state index contributed by atoms with van der Waals surface area (Å²) in [5.74, 6) is -3.74. The average Bonchev–Trinajstić information content (AvgIpc) is 4.13. The molecule has 1 unspecified atom stereocenters. The van der Waals surface area contributed by atoms with Gasteiger partial charge in [0.2, 0.25) is 29.5 Å². The number of unbranched alkanes of at least 4 members (excludes halogenated alkanes) is 3. The van der Waals surface area contributed by atoms with Crippen molar-refractivity contribution >= 4 is 87.3 Å². The first-order valence-electron chi connectivity index (χ1n) is 25.0. The zero-order valence-electron chi connectivity index (χ0n) is 42.3. The lowest BCUT2D eigenvalue weighted by molar-refractivity contribution is -0.140. The van der Waals surface area contributed by atoms with E-state index in [0.717, 1.165) is 11.3 Å². The number of H-pyrrole nitrogens is 1. The minimum atomic E-state index is -1.21. The number of aromatic nitrogens is 8. The van der Waals surface area contributed by atoms with E-state index in [1.165, 1.54) is 16.7 Å². The number of thioether (sulfide) groups is 1. The van der Waals surface area contributed by atoms with Crippen molar-refractivity contribution in [1.82, 2.24) is 56.1 Å². The lowest BCUT2D eigenvalue weighted by atomic mass is 9.88. The number of likely N-dealkylation sites (tertiary alicyclic amines) is 1. The van der Waals surface area contributed by atoms with Gasteiger partial charge >= 0.3 is 5.97 Å². The molecule has 75 heavy (non-hydrogen) atoms. The molecular weight excluding hydrogens is 985 g/mol. The lowest BCUT2D eigenvalue weighted by Gasteiger charge is -2.22. The normalized spacial score (nSPS) is 15.5. The molecule has 24 heteroatoms. The van der Waals surface area contributed by atoms with Crippen LogP contribution in [0.15, 0.2) is 42.6 Å². The van der Waals surface area contributed by atoms with Crippen LogP contribution >= 0.6 is 11.8 Å². The van der Waals surface area contributed by atoms with Gasteiger partial charge in [-0.15, -0.1) is 10.2 Å². The number of carbonyl (C=O) groups excluding carboxylic acids is 7. The van der Waals surface area contributed by atoms with Crippen molar-refractivity contribution in [2.45, 2.75) is 122 Å². The number of ketones is 3. The van der Waals surface area contributed by atoms with Gasteiger partial charge in [0.15, 0.2) is 28.5 Å². The van der Waals surface area contributed by atoms with Crippen LogP contribution in [0.2, 0.25) is 0 Å². The van der Waals surface area contributed by atoms with Crippen molar-refractivity contribution in [3.8, 4) is 11.4 Å². The number of nitrogens with one attached hydrogen (secondary N) is 3. The summed E-state index contributed by atoms with van der Waals surface area (Å²) in [6.45, 7) is 6.65. The third-order valence-corrected chi connectivity index (χ3v) is 14.5. The Morgan fingerprint density at radius 3 is 2.44 bits per heavy atom. The molecule has 3 aromatic heterocycles. The Morgan fingerprint density at radius 2 is 1.72 bits per heavy atom. The molecule has 1 saturated heterocycles. The number of carboxylic acid groups (broad SMARTS) is 1. The predicted octanol–water partition coefficient (Wildman–Crippen LogP) is 3.85. The standard InChI is InChI=1S/C51H62N14O9S/c1-27(2)35(23-33(66)10-6-5-9-18-65-42(69)24-41(75-4)49(65)72)48(71)55-28(3)40(68)21-29-13-15-34(36(20-29)45-60-62-63-61-45)39(67)12-8-7-11-37(50(73)74)57-47(70)31-14-16-38-30(22-31)17-19-64(38)26-32-25-54-46-43(56-32)44(52)58-51(53)59-46/h13-16,20,22,25,27-28,35,37,41H,5-12,17-19,21,23-24,26H2,1-4H3,(H,55,71)(H,57,70)(H,73,74)(H,60,61,62,63)(H4,52,53,54,58,59)/t28-,35-,37-,41?/m0/s1. The van der Waals surface area contributed by atoms with Gasteiger partial charge in [0.1, 0.15) is 11.8 Å². The first kappa shape index (κ1) is 55.0. The van der Waals surface area contributed by atoms with Crippen LogP contribution in [-0.2, 0) is 48.2 Å². The fraction of sp³-hybridized carbons (Fsp3) is 0.471. The van der Waals surface area contributed by atoms with Crippen LogP contribution in [0.1, 0.15) is 123 Å². The number of tetrazole rings is 1. The minimum Gasteiger partial charge on any atom is -0.480 e. The maximum atomic E-state index is 13.7. The summed E-state index contributed by atoms with van der Waals surface area (Å²) in [4.78, 5) is 124. The fourth-order valence-electron chi connectivity index (χ4n) is 9.28. The maximum Gasteiger partial charge on any atom is 0.326 e. The highest BCUT2D eigenvalue weighted by molar-refractivity contribution is 8.00. The van der Waals surface area contributed by atoms with Gasteiger partial charge in [-0.3, -0.25) is 38.5 Å². The van der Waals surface area contributed by atoms with Crippen molar-refractivity contribution in [3.05, 3.63) is 70.5 Å². The summed E-state index contributed by atoms with van der Waals surface area (Å²) < 4.78 is 0. The molecule has 0 spiro atoms. The van der Waals surface area contributed by atoms with E-state index in [0.29, 0.717) is 91.7 Å². The van der Waals surface area contributed by atoms with E-state index in [2.05, 4.69) is 56.1 Å². The van der Waals surface area contributed by atoms with Gasteiger partial charge in [0.25, 0.3) is 5.91 Å². The highest BCUT2D eigenvalue weighted by Crippen LogP contribution is 2.31. The van der Waals surface area contributed by atoms with Crippen LogP contribution in [0.25, 0.3) is 22.6 Å². The van der Waals surface area contributed by atoms with Gasteiger partial charge in [-0.2, -0.15) is 26.9 Å². The number of aromatic amines is 1. The number of hydrogen-bond acceptors (Lipinski definition) is 19. The topological polar surface area (TPSA) is 345 Å². The number of hydrogen-bond donors (Lipinski definition) is 6. The van der Waals surface area contributed by atoms with Crippen LogP contribution in [-0.4, -0.2) is 134 Å². The number of nitrogens with two attached hydrogens (primary N) is 2. The Balaban J connectivity index is 0.867. The summed E-state index contributed by atoms with van der Waals surface area (Å²) in [7, 11) is 0. The number of fused-ring (bicyclic) bond motifs is 2. The minimum absolute atomic E-state index is 0.00569. The van der Waals surface area contributed by atoms with Crippen molar-refractivity contribution in [3.63, 3.8) is 0 Å². The Hall–Kier alpha value is -7.76. The van der Waals surface area contributed by atoms with Crippen LogP contribution in [0, 0.1) is 11.8 Å². The monoisotopic (exact) mass is 1050 g/mol. The predicted molar refractivity (Wildman–Crippen MR) is 278 cm³/mol. The third-order valence-electron chi connectivity index (χ3n) is 13.5. The highest BCUT2D eigenvalue weighted by Gasteiger charge is 2.37. The summed E-state index contributed by atoms with van der Waals surface area (Å²) in [6, 6.07) is 7.93. The number of amides is 4. The molecule has 2 aromatic carbocycles. The van der Waals surface area contributed by atoms with Crippen LogP contribution < -0.4 is 27.0 Å². The van der Waals surface area contributed by atoms with Crippen molar-refractivity contribution in [1.29, 1.82) is 0 Å². The summed E-state index contributed by atoms with van der Waals surface area (Å²) in [5, 5.41) is 29.3. The molecule has 0 bridgehead atoms. The number of benzene rings is 2. The van der Waals surface area contributed by atoms with Gasteiger partial charge in [-0.25, -0.2) is 14.8 Å². The molecule has 0 aliphatic carbocycles. The molecule has 0 radical (unpaired) electrons. The van der Waals surface area contributed by atoms with E-state index < -0.39 is 35.8 Å². The van der Waals surface area contributed by atoms with E-state index in [1.807, 2.05) is 26.2 Å². The number of nitrogen functional groups attached to an aromatic ring is 2. The molecule has 7 rings (SSSR count). The average molecular weight is 1050 g/mol. The van der Waals surface area contributed by atoms with Crippen LogP contribution in [0.4, 0.5) is 17.5 Å². The molecule has 0 saturated carbocycles. The summed E-state index contributed by atoms with van der Waals surface area (Å²) in [5.41, 5.74) is 16.2. The molecule has 2 aliphatic rings. The quantitative estimate of drug-likeness (QED) is 0.0247. The van der Waals surface area contributed by atoms with E-state index in [4.69, 9.17) is 11.5 Å². The van der Waals surface area contributed by atoms with Crippen LogP contribution in [0.5, 0.6) is 0 Å². The SMILES string of the molecule is CSC1CC(=O)N(CCCCCC(=O)C[C@H](C(=O)N[C@@H](C)C(=O)Cc2ccc(C(=O)CCCC[C@H](NC(=O)c3ccc4c(c3)CCN4Cc3cnc4nc(N)nc(N)c4n3)C(=O)O)c(-c3nn[nH]n3)c2)C(C)C)C1=O. The summed E-state index contributed by atoms with van der Waals surface area (Å²) in [6.07, 6.45) is 6.95. The number of Topliss-reactive ketones (excluding diaryl/α,β-unsaturated/α-hetero) is 3. The second-order valence-electron chi connectivity index (χ2n) is 19.3. The maximum absolute atomic E-state index is 13.7. The van der Waals surface area contributed by atoms with Gasteiger partial charge in [0.05, 0.1) is 29.7 Å². The number of rotatable bonds is 27. The fourth-order valence-corrected chi connectivity index (χ4v) is 9.92. The smallest absolute Gasteiger partial charge is 0.326 e. The van der Waals surface area contributed by atoms with Crippen molar-refractivity contribution in [2.24, 2.45) is 11.8 Å². The second-order valence-corrected chi connectivity index (χ2v) is 20.3. The zero-order valence-corrected chi connectivity index (χ0v) is 43.2. The molecule has 396 valence electrons. The Morgan fingerprint density at radius 1 is 0.933 bits per heavy atom. The van der Waals surface area contributed by atoms with Gasteiger partial charge < -0.3 is 32.1 Å². The molecule has 23 nitrogen and oxygen atoms in total. The molecule has 2 aliphatic heterocycles. The number of carboxylic acids is 1. The molecule has 1 fully saturated rings. The van der Waals surface area contributed by atoms with Gasteiger partial charge in [-0.05, 0) is 91.8 Å². The number of imide groups is 1. The number of anilines is 3. The number of carbonyl (C=O) groups is 8. The van der Waals surface area contributed by atoms with E-state index in [9.17, 15) is 43.5 Å². The Kier molecular flexibility index (Phi) is 18.3. The first-order chi connectivity index (χ1) is 35.9. The van der Waals surface area contributed by atoms with E-state index >= 15 is 0 Å². The molecule has 5 heterocycles. The Bertz CT molecular complexity index is 2970. The Labute approximate surface area is 436 Å². The molecule has 5 aromatic rings. The summed E-state index contributed by atoms with van der Waals surface area (Å²) >= 11 is 1.37. The largest absolute Gasteiger partial charge is 0.480 e. The third kappa shape index (κ3) is 13.9. The number of aliphatic carboxylic acids is 1. The van der Waals surface area contributed by atoms with E-state index in [1.54, 1.807) is 43.5 Å². The molecule has 4 atom stereocenters. The van der Waals surface area contributed by atoms with Crippen LogP contribution in [0.3, 0.4) is 0 Å². The van der Waals surface area contributed by atoms with Crippen molar-refractivity contribution < 1.29 is 43.5 Å². The van der Waals surface area contributed by atoms with Crippen molar-refractivity contribution in [2.75, 3.05) is 35.7 Å². The van der Waals surface area contributed by atoms with E-state index in [-0.39, 0.29) is 102 Å². The zero-order chi connectivity index (χ0) is 53.9. The van der Waals surface area contributed by atoms with Gasteiger partial charge in [0, 0.05) is 73.5 Å². The van der Waals surface area contributed by atoms with Gasteiger partial charge in [-0.1, -0.05) is 38.8 Å². The molecule has 8 N–H and O–H groups in total. The first-order valence-corrected chi connectivity index (χ1v) is 26.3.